The number of aliphatic hydroxyl groups is 1. The minimum Gasteiger partial charge on any atom is -0.394 e. The number of aliphatic hydroxyl groups excluding tert-OH is 1. The van der Waals surface area contributed by atoms with E-state index >= 15 is 0 Å². The number of urea groups is 1. The molecule has 0 aliphatic rings. The molecule has 0 radical (unpaired) electrons. The molecule has 0 aliphatic carbocycles. The predicted molar refractivity (Wildman–Crippen MR) is 73.4 cm³/mol. The summed E-state index contributed by atoms with van der Waals surface area (Å²) < 4.78 is 14.5. The highest BCUT2D eigenvalue weighted by molar-refractivity contribution is 6.31. The number of nitrogens with zero attached hydrogens (tertiary/aromatic N) is 2. The predicted octanol–water partition coefficient (Wildman–Crippen LogP) is 2.31. The maximum atomic E-state index is 13.0. The van der Waals surface area contributed by atoms with Gasteiger partial charge in [-0.25, -0.2) is 9.18 Å². The van der Waals surface area contributed by atoms with E-state index in [0.717, 1.165) is 6.07 Å². The van der Waals surface area contributed by atoms with E-state index in [2.05, 4.69) is 15.7 Å². The van der Waals surface area contributed by atoms with Crippen LogP contribution in [0.1, 0.15) is 0 Å². The fourth-order valence-corrected chi connectivity index (χ4v) is 1.70. The van der Waals surface area contributed by atoms with Crippen molar-refractivity contribution in [2.45, 2.75) is 6.54 Å². The van der Waals surface area contributed by atoms with Crippen molar-refractivity contribution in [2.24, 2.45) is 0 Å². The molecule has 1 heterocycles. The van der Waals surface area contributed by atoms with Gasteiger partial charge in [-0.15, -0.1) is 0 Å². The smallest absolute Gasteiger partial charge is 0.323 e. The Morgan fingerprint density at radius 3 is 2.85 bits per heavy atom. The summed E-state index contributed by atoms with van der Waals surface area (Å²) in [5.74, 6) is -0.553. The molecule has 0 atom stereocenters. The first-order valence-electron chi connectivity index (χ1n) is 5.75. The van der Waals surface area contributed by atoms with E-state index in [-0.39, 0.29) is 11.6 Å². The summed E-state index contributed by atoms with van der Waals surface area (Å²) in [4.78, 5) is 11.7. The van der Waals surface area contributed by atoms with Gasteiger partial charge in [-0.1, -0.05) is 11.6 Å². The van der Waals surface area contributed by atoms with E-state index in [9.17, 15) is 9.18 Å². The average Bonchev–Trinajstić information content (AvgIpc) is 2.81. The topological polar surface area (TPSA) is 79.2 Å². The summed E-state index contributed by atoms with van der Waals surface area (Å²) in [5.41, 5.74) is 0.848. The quantitative estimate of drug-likeness (QED) is 0.810. The van der Waals surface area contributed by atoms with Crippen LogP contribution in [-0.2, 0) is 6.54 Å². The Labute approximate surface area is 119 Å². The molecule has 0 unspecified atom stereocenters. The largest absolute Gasteiger partial charge is 0.394 e. The van der Waals surface area contributed by atoms with Crippen LogP contribution in [-0.4, -0.2) is 27.5 Å². The minimum absolute atomic E-state index is 0.0403. The van der Waals surface area contributed by atoms with E-state index in [1.165, 1.54) is 23.0 Å². The van der Waals surface area contributed by atoms with Gasteiger partial charge in [0, 0.05) is 11.9 Å². The maximum absolute atomic E-state index is 13.0. The number of rotatable bonds is 4. The lowest BCUT2D eigenvalue weighted by molar-refractivity contribution is 0.262. The third-order valence-corrected chi connectivity index (χ3v) is 2.69. The van der Waals surface area contributed by atoms with Gasteiger partial charge in [-0.05, 0) is 18.2 Å². The summed E-state index contributed by atoms with van der Waals surface area (Å²) in [5, 5.41) is 17.7. The Balaban J connectivity index is 1.95. The SMILES string of the molecule is O=C(Nc1ccc(F)c(Cl)c1)Nc1cnn(CCO)c1. The number of hydrogen-bond donors (Lipinski definition) is 3. The molecule has 0 fully saturated rings. The number of halogens is 2. The number of carbonyl (C=O) groups excluding carboxylic acids is 1. The molecular formula is C12H12ClFN4O2. The Bertz CT molecular complexity index is 617. The molecule has 0 saturated carbocycles. The van der Waals surface area contributed by atoms with Crippen LogP contribution in [0.25, 0.3) is 0 Å². The normalized spacial score (nSPS) is 10.3. The van der Waals surface area contributed by atoms with Crippen LogP contribution in [0.15, 0.2) is 30.6 Å². The molecule has 2 amide bonds. The molecule has 106 valence electrons. The molecule has 1 aromatic heterocycles. The van der Waals surface area contributed by atoms with Crippen molar-refractivity contribution in [1.82, 2.24) is 9.78 Å². The fourth-order valence-electron chi connectivity index (χ4n) is 1.52. The lowest BCUT2D eigenvalue weighted by Crippen LogP contribution is -2.19. The first kappa shape index (κ1) is 14.3. The number of amides is 2. The second-order valence-corrected chi connectivity index (χ2v) is 4.33. The van der Waals surface area contributed by atoms with E-state index in [1.54, 1.807) is 6.20 Å². The van der Waals surface area contributed by atoms with Crippen LogP contribution in [0.4, 0.5) is 20.6 Å². The van der Waals surface area contributed by atoms with E-state index in [1.807, 2.05) is 0 Å². The summed E-state index contributed by atoms with van der Waals surface area (Å²) >= 11 is 5.61. The molecule has 0 aliphatic heterocycles. The van der Waals surface area contributed by atoms with Gasteiger partial charge in [0.25, 0.3) is 0 Å². The van der Waals surface area contributed by atoms with Crippen molar-refractivity contribution in [3.05, 3.63) is 41.4 Å². The molecular weight excluding hydrogens is 287 g/mol. The van der Waals surface area contributed by atoms with Crippen molar-refractivity contribution >= 4 is 29.0 Å². The summed E-state index contributed by atoms with van der Waals surface area (Å²) in [6.45, 7) is 0.304. The van der Waals surface area contributed by atoms with Crippen LogP contribution in [0.5, 0.6) is 0 Å². The summed E-state index contributed by atoms with van der Waals surface area (Å²) in [7, 11) is 0. The minimum atomic E-state index is -0.553. The van der Waals surface area contributed by atoms with Gasteiger partial charge in [-0.3, -0.25) is 4.68 Å². The summed E-state index contributed by atoms with van der Waals surface area (Å²) in [6.07, 6.45) is 3.03. The van der Waals surface area contributed by atoms with Crippen molar-refractivity contribution in [3.8, 4) is 0 Å². The lowest BCUT2D eigenvalue weighted by atomic mass is 10.3. The van der Waals surface area contributed by atoms with Crippen molar-refractivity contribution in [3.63, 3.8) is 0 Å². The molecule has 0 saturated heterocycles. The average molecular weight is 299 g/mol. The van der Waals surface area contributed by atoms with Crippen molar-refractivity contribution in [2.75, 3.05) is 17.2 Å². The van der Waals surface area contributed by atoms with E-state index in [0.29, 0.717) is 17.9 Å². The number of anilines is 2. The molecule has 1 aromatic carbocycles. The monoisotopic (exact) mass is 298 g/mol. The summed E-state index contributed by atoms with van der Waals surface area (Å²) in [6, 6.07) is 3.37. The van der Waals surface area contributed by atoms with Crippen LogP contribution in [0.2, 0.25) is 5.02 Å². The van der Waals surface area contributed by atoms with Gasteiger partial charge in [0.15, 0.2) is 0 Å². The lowest BCUT2D eigenvalue weighted by Gasteiger charge is -2.06. The molecule has 0 bridgehead atoms. The first-order chi connectivity index (χ1) is 9.58. The van der Waals surface area contributed by atoms with E-state index < -0.39 is 11.8 Å². The number of nitrogens with one attached hydrogen (secondary N) is 2. The standard InChI is InChI=1S/C12H12ClFN4O2/c13-10-5-8(1-2-11(10)14)16-12(20)17-9-6-15-18(7-9)3-4-19/h1-2,5-7,19H,3-4H2,(H2,16,17,20). The van der Waals surface area contributed by atoms with Crippen LogP contribution >= 0.6 is 11.6 Å². The van der Waals surface area contributed by atoms with Crippen LogP contribution in [0, 0.1) is 5.82 Å². The number of benzene rings is 1. The van der Waals surface area contributed by atoms with Gasteiger partial charge >= 0.3 is 6.03 Å². The van der Waals surface area contributed by atoms with Gasteiger partial charge < -0.3 is 15.7 Å². The highest BCUT2D eigenvalue weighted by Gasteiger charge is 2.06. The van der Waals surface area contributed by atoms with Gasteiger partial charge in [-0.2, -0.15) is 5.10 Å². The van der Waals surface area contributed by atoms with Gasteiger partial charge in [0.2, 0.25) is 0 Å². The van der Waals surface area contributed by atoms with E-state index in [4.69, 9.17) is 16.7 Å². The molecule has 20 heavy (non-hydrogen) atoms. The molecule has 2 rings (SSSR count). The van der Waals surface area contributed by atoms with Gasteiger partial charge in [0.05, 0.1) is 30.1 Å². The maximum Gasteiger partial charge on any atom is 0.323 e. The third-order valence-electron chi connectivity index (χ3n) is 2.40. The van der Waals surface area contributed by atoms with Crippen molar-refractivity contribution < 1.29 is 14.3 Å². The number of aromatic nitrogens is 2. The Kier molecular flexibility index (Phi) is 4.54. The second-order valence-electron chi connectivity index (χ2n) is 3.92. The third kappa shape index (κ3) is 3.69. The Morgan fingerprint density at radius 2 is 2.15 bits per heavy atom. The zero-order valence-corrected chi connectivity index (χ0v) is 11.1. The number of carbonyl (C=O) groups is 1. The second kappa shape index (κ2) is 6.36. The fraction of sp³-hybridized carbons (Fsp3) is 0.167. The zero-order chi connectivity index (χ0) is 14.5. The molecule has 8 heteroatoms. The Hall–Kier alpha value is -2.12. The molecule has 3 N–H and O–H groups in total. The Morgan fingerprint density at radius 1 is 1.40 bits per heavy atom. The van der Waals surface area contributed by atoms with Gasteiger partial charge in [0.1, 0.15) is 5.82 Å². The molecule has 6 nitrogen and oxygen atoms in total. The molecule has 2 aromatic rings. The highest BCUT2D eigenvalue weighted by atomic mass is 35.5. The van der Waals surface area contributed by atoms with Crippen LogP contribution < -0.4 is 10.6 Å². The number of hydrogen-bond acceptors (Lipinski definition) is 3. The van der Waals surface area contributed by atoms with Crippen molar-refractivity contribution in [1.29, 1.82) is 0 Å². The first-order valence-corrected chi connectivity index (χ1v) is 6.12. The zero-order valence-electron chi connectivity index (χ0n) is 10.3. The van der Waals surface area contributed by atoms with Crippen LogP contribution in [0.3, 0.4) is 0 Å². The highest BCUT2D eigenvalue weighted by Crippen LogP contribution is 2.19. The molecule has 0 spiro atoms.